The average Bonchev–Trinajstić information content (AvgIpc) is 3.55. The van der Waals surface area contributed by atoms with Crippen molar-refractivity contribution < 1.29 is 14.3 Å². The number of hydrogen-bond acceptors (Lipinski definition) is 10. The van der Waals surface area contributed by atoms with Gasteiger partial charge in [-0.15, -0.1) is 0 Å². The molecule has 0 N–H and O–H groups in total. The minimum atomic E-state index is -0.103. The van der Waals surface area contributed by atoms with Crippen molar-refractivity contribution in [3.8, 4) is 11.5 Å². The largest absolute Gasteiger partial charge is 0.490 e. The van der Waals surface area contributed by atoms with Gasteiger partial charge in [-0.05, 0) is 102 Å². The van der Waals surface area contributed by atoms with Crippen LogP contribution in [0.3, 0.4) is 0 Å². The van der Waals surface area contributed by atoms with Crippen molar-refractivity contribution in [2.24, 2.45) is 5.92 Å². The number of carbonyl (C=O) groups is 1. The van der Waals surface area contributed by atoms with Crippen LogP contribution in [0.4, 0.5) is 5.82 Å². The van der Waals surface area contributed by atoms with Gasteiger partial charge in [0.05, 0.1) is 37.0 Å². The quantitative estimate of drug-likeness (QED) is 0.222. The third kappa shape index (κ3) is 7.13. The monoisotopic (exact) mass is 695 g/mol. The molecule has 0 bridgehead atoms. The number of likely N-dealkylation sites (N-methyl/N-ethyl adjacent to an activating group) is 1. The normalized spacial score (nSPS) is 21.0. The zero-order valence-corrected chi connectivity index (χ0v) is 31.0. The lowest BCUT2D eigenvalue weighted by molar-refractivity contribution is -0.138. The van der Waals surface area contributed by atoms with Crippen LogP contribution in [0.5, 0.6) is 11.5 Å². The van der Waals surface area contributed by atoms with Gasteiger partial charge in [-0.2, -0.15) is 5.10 Å². The van der Waals surface area contributed by atoms with Gasteiger partial charge in [0.1, 0.15) is 12.1 Å². The van der Waals surface area contributed by atoms with Gasteiger partial charge in [0.2, 0.25) is 5.91 Å². The van der Waals surface area contributed by atoms with Crippen LogP contribution >= 0.6 is 0 Å². The van der Waals surface area contributed by atoms with E-state index in [1.807, 2.05) is 49.8 Å². The average molecular weight is 696 g/mol. The van der Waals surface area contributed by atoms with Crippen LogP contribution in [0.25, 0.3) is 11.0 Å². The number of nitrogens with zero attached hydrogens (tertiary/aromatic N) is 9. The molecule has 0 radical (unpaired) electrons. The maximum Gasteiger partial charge on any atom is 0.225 e. The molecule has 3 aromatic heterocycles. The summed E-state index contributed by atoms with van der Waals surface area (Å²) in [7, 11) is 4.29. The van der Waals surface area contributed by atoms with Crippen molar-refractivity contribution in [1.82, 2.24) is 39.4 Å². The predicted molar refractivity (Wildman–Crippen MR) is 198 cm³/mol. The van der Waals surface area contributed by atoms with Crippen molar-refractivity contribution in [3.63, 3.8) is 0 Å². The van der Waals surface area contributed by atoms with Crippen LogP contribution in [-0.2, 0) is 23.3 Å². The molecule has 3 aliphatic rings. The fourth-order valence-electron chi connectivity index (χ4n) is 8.48. The fraction of sp³-hybridized carbons (Fsp3) is 0.564. The molecule has 51 heavy (non-hydrogen) atoms. The van der Waals surface area contributed by atoms with Crippen molar-refractivity contribution in [2.75, 3.05) is 78.0 Å². The summed E-state index contributed by atoms with van der Waals surface area (Å²) in [6.07, 6.45) is 8.16. The summed E-state index contributed by atoms with van der Waals surface area (Å²) in [6.45, 7) is 13.6. The third-order valence-corrected chi connectivity index (χ3v) is 11.1. The molecule has 12 heteroatoms. The van der Waals surface area contributed by atoms with E-state index in [0.29, 0.717) is 38.8 Å². The molecule has 0 atom stereocenters. The molecule has 12 nitrogen and oxygen atoms in total. The summed E-state index contributed by atoms with van der Waals surface area (Å²) in [5.41, 5.74) is 5.35. The number of piperazine rings is 1. The first-order chi connectivity index (χ1) is 24.8. The highest BCUT2D eigenvalue weighted by molar-refractivity contribution is 5.87. The van der Waals surface area contributed by atoms with E-state index in [2.05, 4.69) is 65.9 Å². The van der Waals surface area contributed by atoms with Gasteiger partial charge < -0.3 is 24.2 Å². The Labute approximate surface area is 301 Å². The zero-order valence-electron chi connectivity index (χ0n) is 31.0. The van der Waals surface area contributed by atoms with Gasteiger partial charge >= 0.3 is 0 Å². The number of carbonyl (C=O) groups excluding carboxylic acids is 1. The molecule has 1 aliphatic carbocycles. The Bertz CT molecular complexity index is 1830. The van der Waals surface area contributed by atoms with E-state index in [4.69, 9.17) is 9.47 Å². The highest BCUT2D eigenvalue weighted by atomic mass is 16.5. The molecular weight excluding hydrogens is 642 g/mol. The van der Waals surface area contributed by atoms with E-state index in [1.165, 1.54) is 11.1 Å². The molecule has 2 fully saturated rings. The van der Waals surface area contributed by atoms with Crippen LogP contribution in [0, 0.1) is 12.8 Å². The first kappa shape index (κ1) is 35.1. The molecule has 7 rings (SSSR count). The minimum Gasteiger partial charge on any atom is -0.490 e. The van der Waals surface area contributed by atoms with Gasteiger partial charge in [0.15, 0.2) is 17.1 Å². The Morgan fingerprint density at radius 1 is 0.980 bits per heavy atom. The summed E-state index contributed by atoms with van der Waals surface area (Å²) < 4.78 is 14.0. The molecule has 1 spiro atoms. The Hall–Kier alpha value is -4.29. The Balaban J connectivity index is 1.03. The maximum absolute atomic E-state index is 14.1. The summed E-state index contributed by atoms with van der Waals surface area (Å²) in [5.74, 6) is 2.89. The second-order valence-corrected chi connectivity index (χ2v) is 14.5. The summed E-state index contributed by atoms with van der Waals surface area (Å²) in [4.78, 5) is 37.3. The first-order valence-electron chi connectivity index (χ1n) is 18.7. The number of aromatic nitrogens is 5. The standard InChI is InChI=1S/C39H53N9O3/c1-6-50-34-23-30-13-16-47(22-17-44(4)5)39(33(30)24-35(34)51-7-2)14-11-29(12-15-39)38(49)46-20-18-45(19-21-46)36-32-25-42-48(37(32)41-27-40-36)26-31-10-8-9-28(3)43-31/h8-10,23-25,27,29H,6-7,11-22,26H2,1-5H3. The SMILES string of the molecule is CCOc1cc2c(cc1OCC)C1(CCC(C(=O)N3CCN(c4ncnc5c4cnn5Cc4cccc(C)n4)CC3)CC1)N(CCN(C)C)CC2. The second-order valence-electron chi connectivity index (χ2n) is 14.5. The number of benzene rings is 1. The maximum atomic E-state index is 14.1. The summed E-state index contributed by atoms with van der Waals surface area (Å²) in [5, 5.41) is 5.57. The van der Waals surface area contributed by atoms with E-state index in [1.54, 1.807) is 6.33 Å². The van der Waals surface area contributed by atoms with Crippen molar-refractivity contribution in [3.05, 3.63) is 65.4 Å². The van der Waals surface area contributed by atoms with Gasteiger partial charge in [-0.3, -0.25) is 14.7 Å². The molecule has 1 saturated carbocycles. The van der Waals surface area contributed by atoms with Crippen LogP contribution in [0.2, 0.25) is 0 Å². The summed E-state index contributed by atoms with van der Waals surface area (Å²) >= 11 is 0. The molecular formula is C39H53N9O3. The van der Waals surface area contributed by atoms with Gasteiger partial charge in [0.25, 0.3) is 0 Å². The van der Waals surface area contributed by atoms with E-state index in [-0.39, 0.29) is 11.5 Å². The van der Waals surface area contributed by atoms with E-state index in [0.717, 1.165) is 105 Å². The van der Waals surface area contributed by atoms with Crippen molar-refractivity contribution >= 4 is 22.8 Å². The molecule has 1 saturated heterocycles. The number of ether oxygens (including phenoxy) is 2. The first-order valence-corrected chi connectivity index (χ1v) is 18.7. The van der Waals surface area contributed by atoms with Gasteiger partial charge in [-0.25, -0.2) is 14.6 Å². The highest BCUT2D eigenvalue weighted by Gasteiger charge is 2.47. The minimum absolute atomic E-state index is 0.0385. The molecule has 2 aliphatic heterocycles. The lowest BCUT2D eigenvalue weighted by Crippen LogP contribution is -2.56. The molecule has 1 aromatic carbocycles. The number of aryl methyl sites for hydroxylation is 1. The smallest absolute Gasteiger partial charge is 0.225 e. The van der Waals surface area contributed by atoms with Gasteiger partial charge in [-0.1, -0.05) is 6.07 Å². The number of amides is 1. The van der Waals surface area contributed by atoms with Crippen LogP contribution in [0.1, 0.15) is 62.0 Å². The van der Waals surface area contributed by atoms with Crippen molar-refractivity contribution in [2.45, 2.75) is 65.0 Å². The highest BCUT2D eigenvalue weighted by Crippen LogP contribution is 2.50. The Morgan fingerprint density at radius 2 is 1.73 bits per heavy atom. The zero-order chi connectivity index (χ0) is 35.5. The number of pyridine rings is 1. The number of anilines is 1. The van der Waals surface area contributed by atoms with Crippen LogP contribution in [0.15, 0.2) is 42.9 Å². The lowest BCUT2D eigenvalue weighted by Gasteiger charge is -2.52. The Morgan fingerprint density at radius 3 is 2.43 bits per heavy atom. The lowest BCUT2D eigenvalue weighted by atomic mass is 9.68. The topological polar surface area (TPSA) is 105 Å². The van der Waals surface area contributed by atoms with Crippen LogP contribution < -0.4 is 14.4 Å². The number of fused-ring (bicyclic) bond motifs is 3. The fourth-order valence-corrected chi connectivity index (χ4v) is 8.48. The molecule has 5 heterocycles. The predicted octanol–water partition coefficient (Wildman–Crippen LogP) is 4.53. The molecule has 272 valence electrons. The van der Waals surface area contributed by atoms with Crippen LogP contribution in [-0.4, -0.2) is 118 Å². The summed E-state index contributed by atoms with van der Waals surface area (Å²) in [6, 6.07) is 10.5. The number of hydrogen-bond donors (Lipinski definition) is 0. The van der Waals surface area contributed by atoms with Crippen molar-refractivity contribution in [1.29, 1.82) is 0 Å². The molecule has 4 aromatic rings. The second kappa shape index (κ2) is 15.1. The third-order valence-electron chi connectivity index (χ3n) is 11.1. The van der Waals surface area contributed by atoms with Gasteiger partial charge in [0, 0.05) is 63.0 Å². The van der Waals surface area contributed by atoms with E-state index in [9.17, 15) is 4.79 Å². The van der Waals surface area contributed by atoms with E-state index < -0.39 is 0 Å². The van der Waals surface area contributed by atoms with E-state index >= 15 is 0 Å². The number of rotatable bonds is 11. The molecule has 0 unspecified atom stereocenters. The molecule has 1 amide bonds. The Kier molecular flexibility index (Phi) is 10.4.